The van der Waals surface area contributed by atoms with Crippen molar-refractivity contribution in [2.75, 3.05) is 38.7 Å². The van der Waals surface area contributed by atoms with Crippen molar-refractivity contribution >= 4 is 52.9 Å². The first-order chi connectivity index (χ1) is 27.9. The molecule has 0 saturated heterocycles. The Morgan fingerprint density at radius 2 is 1.12 bits per heavy atom. The molecule has 14 nitrogen and oxygen atoms in total. The Morgan fingerprint density at radius 1 is 0.569 bits per heavy atom. The van der Waals surface area contributed by atoms with Gasteiger partial charge in [0.05, 0.1) is 12.6 Å². The van der Waals surface area contributed by atoms with Crippen LogP contribution >= 0.6 is 11.8 Å². The van der Waals surface area contributed by atoms with Gasteiger partial charge in [-0.25, -0.2) is 0 Å². The molecule has 58 heavy (non-hydrogen) atoms. The molecule has 5 amide bonds. The maximum Gasteiger partial charge on any atom is 0.242 e. The predicted octanol–water partition coefficient (Wildman–Crippen LogP) is 4.73. The van der Waals surface area contributed by atoms with Crippen molar-refractivity contribution in [2.45, 2.75) is 180 Å². The number of nitrogens with two attached hydrogens (primary N) is 3. The van der Waals surface area contributed by atoms with Crippen molar-refractivity contribution in [3.63, 3.8) is 0 Å². The van der Waals surface area contributed by atoms with Crippen LogP contribution in [0.1, 0.15) is 167 Å². The first-order valence-corrected chi connectivity index (χ1v) is 23.6. The van der Waals surface area contributed by atoms with Crippen molar-refractivity contribution in [3.05, 3.63) is 0 Å². The largest absolute Gasteiger partial charge is 0.370 e. The molecule has 0 radical (unpaired) electrons. The maximum atomic E-state index is 13.6. The van der Waals surface area contributed by atoms with Crippen LogP contribution in [-0.2, 0) is 33.6 Å². The number of hydrogen-bond donors (Lipinski definition) is 7. The number of ketones is 2. The summed E-state index contributed by atoms with van der Waals surface area (Å²) in [5, 5.41) is 10.9. The molecule has 336 valence electrons. The van der Waals surface area contributed by atoms with Gasteiger partial charge in [0.15, 0.2) is 11.6 Å². The number of amides is 5. The van der Waals surface area contributed by atoms with Crippen LogP contribution in [0.15, 0.2) is 0 Å². The zero-order valence-electron chi connectivity index (χ0n) is 36.3. The van der Waals surface area contributed by atoms with E-state index in [1.165, 1.54) is 64.8 Å². The van der Waals surface area contributed by atoms with Crippen LogP contribution in [0.3, 0.4) is 0 Å². The molecule has 0 aromatic rings. The first kappa shape index (κ1) is 55.0. The lowest BCUT2D eigenvalue weighted by atomic mass is 9.90. The SMILES string of the molecule is CCCCCCCCCCCCCCCC(=O)N[C@@H](CCSC)C(=O)NCC(=O)C[C@@H](CCC(N)=O)C(=O)N[C@@H](CCCCN)C(=O)C[C@@H](CCCCN)C(=O)NC. The zero-order chi connectivity index (χ0) is 43.4. The van der Waals surface area contributed by atoms with Gasteiger partial charge in [0.25, 0.3) is 0 Å². The topological polar surface area (TPSA) is 246 Å². The van der Waals surface area contributed by atoms with Gasteiger partial charge in [-0.1, -0.05) is 90.4 Å². The molecule has 0 unspecified atom stereocenters. The molecular weight excluding hydrogens is 759 g/mol. The highest BCUT2D eigenvalue weighted by Crippen LogP contribution is 2.19. The van der Waals surface area contributed by atoms with Gasteiger partial charge in [0.2, 0.25) is 29.5 Å². The summed E-state index contributed by atoms with van der Waals surface area (Å²) >= 11 is 1.54. The van der Waals surface area contributed by atoms with Gasteiger partial charge in [0.1, 0.15) is 6.04 Å². The number of hydrogen-bond acceptors (Lipinski definition) is 10. The summed E-state index contributed by atoms with van der Waals surface area (Å²) in [6, 6.07) is -1.73. The molecule has 0 saturated carbocycles. The molecule has 4 atom stereocenters. The zero-order valence-corrected chi connectivity index (χ0v) is 37.1. The van der Waals surface area contributed by atoms with E-state index >= 15 is 0 Å². The van der Waals surface area contributed by atoms with Gasteiger partial charge < -0.3 is 38.5 Å². The van der Waals surface area contributed by atoms with Crippen molar-refractivity contribution in [1.82, 2.24) is 21.3 Å². The van der Waals surface area contributed by atoms with Crippen LogP contribution in [-0.4, -0.2) is 91.9 Å². The molecule has 0 aliphatic carbocycles. The van der Waals surface area contributed by atoms with Gasteiger partial charge in [-0.15, -0.1) is 0 Å². The van der Waals surface area contributed by atoms with Gasteiger partial charge in [-0.05, 0) is 76.5 Å². The lowest BCUT2D eigenvalue weighted by Gasteiger charge is -2.24. The lowest BCUT2D eigenvalue weighted by Crippen LogP contribution is -2.48. The Morgan fingerprint density at radius 3 is 1.66 bits per heavy atom. The smallest absolute Gasteiger partial charge is 0.242 e. The van der Waals surface area contributed by atoms with Crippen LogP contribution in [0.25, 0.3) is 0 Å². The van der Waals surface area contributed by atoms with E-state index in [0.717, 1.165) is 25.7 Å². The second kappa shape index (κ2) is 37.0. The van der Waals surface area contributed by atoms with Gasteiger partial charge in [-0.3, -0.25) is 33.6 Å². The summed E-state index contributed by atoms with van der Waals surface area (Å²) in [6.07, 6.45) is 21.1. The van der Waals surface area contributed by atoms with Gasteiger partial charge in [0, 0.05) is 44.6 Å². The van der Waals surface area contributed by atoms with E-state index in [0.29, 0.717) is 70.2 Å². The fourth-order valence-corrected chi connectivity index (χ4v) is 7.39. The maximum absolute atomic E-state index is 13.6. The molecule has 0 fully saturated rings. The molecule has 0 heterocycles. The lowest BCUT2D eigenvalue weighted by molar-refractivity contribution is -0.134. The summed E-state index contributed by atoms with van der Waals surface area (Å²) < 4.78 is 0. The summed E-state index contributed by atoms with van der Waals surface area (Å²) in [4.78, 5) is 90.6. The van der Waals surface area contributed by atoms with E-state index in [9.17, 15) is 33.6 Å². The van der Waals surface area contributed by atoms with Crippen LogP contribution in [0.2, 0.25) is 0 Å². The number of unbranched alkanes of at least 4 members (excludes halogenated alkanes) is 14. The Bertz CT molecular complexity index is 1180. The van der Waals surface area contributed by atoms with Crippen molar-refractivity contribution in [1.29, 1.82) is 0 Å². The molecule has 0 aliphatic heterocycles. The van der Waals surface area contributed by atoms with Gasteiger partial charge >= 0.3 is 0 Å². The van der Waals surface area contributed by atoms with Crippen LogP contribution in [0, 0.1) is 11.8 Å². The van der Waals surface area contributed by atoms with E-state index < -0.39 is 47.4 Å². The van der Waals surface area contributed by atoms with E-state index in [-0.39, 0.29) is 49.8 Å². The van der Waals surface area contributed by atoms with Crippen LogP contribution in [0.5, 0.6) is 0 Å². The van der Waals surface area contributed by atoms with Crippen LogP contribution in [0.4, 0.5) is 0 Å². The quantitative estimate of drug-likeness (QED) is 0.0419. The summed E-state index contributed by atoms with van der Waals surface area (Å²) in [5.41, 5.74) is 16.7. The predicted molar refractivity (Wildman–Crippen MR) is 235 cm³/mol. The fourth-order valence-electron chi connectivity index (χ4n) is 6.92. The number of primary amides is 1. The normalized spacial score (nSPS) is 13.2. The Labute approximate surface area is 354 Å². The molecule has 0 rings (SSSR count). The van der Waals surface area contributed by atoms with E-state index in [4.69, 9.17) is 17.2 Å². The summed E-state index contributed by atoms with van der Waals surface area (Å²) in [7, 11) is 1.51. The molecule has 10 N–H and O–H groups in total. The van der Waals surface area contributed by atoms with E-state index in [1.807, 2.05) is 6.26 Å². The number of carbonyl (C=O) groups excluding carboxylic acids is 7. The number of thioether (sulfide) groups is 1. The molecule has 0 spiro atoms. The standard InChI is InChI=1S/C43H81N7O7S/c1-4-5-6-7-8-9-10-11-12-13-14-15-16-23-40(54)49-37(26-29-58-3)43(57)48-32-35(51)30-34(24-25-39(46)53)42(56)50-36(22-18-20-28-45)38(52)31-33(41(55)47-2)21-17-19-27-44/h33-34,36-37H,4-32,44-45H2,1-3H3,(H2,46,53)(H,47,55)(H,48,57)(H,49,54)(H,50,56)/t33-,34-,36+,37+/m1/s1. The Hall–Kier alpha value is -3.04. The third-order valence-electron chi connectivity index (χ3n) is 10.5. The average Bonchev–Trinajstić information content (AvgIpc) is 3.20. The second-order valence-electron chi connectivity index (χ2n) is 15.7. The van der Waals surface area contributed by atoms with Crippen molar-refractivity contribution in [2.24, 2.45) is 29.0 Å². The first-order valence-electron chi connectivity index (χ1n) is 22.2. The number of rotatable bonds is 40. The van der Waals surface area contributed by atoms with E-state index in [1.54, 1.807) is 11.8 Å². The molecule has 15 heteroatoms. The highest BCUT2D eigenvalue weighted by atomic mass is 32.2. The van der Waals surface area contributed by atoms with Crippen molar-refractivity contribution in [3.8, 4) is 0 Å². The number of carbonyl (C=O) groups is 7. The third-order valence-corrected chi connectivity index (χ3v) is 11.2. The minimum absolute atomic E-state index is 0.0316. The molecule has 0 bridgehead atoms. The molecule has 0 aromatic heterocycles. The van der Waals surface area contributed by atoms with Crippen molar-refractivity contribution < 1.29 is 33.6 Å². The Kier molecular flexibility index (Phi) is 35.1. The molecule has 0 aromatic carbocycles. The highest BCUT2D eigenvalue weighted by Gasteiger charge is 2.30. The third kappa shape index (κ3) is 29.2. The number of nitrogens with one attached hydrogen (secondary N) is 4. The monoisotopic (exact) mass is 840 g/mol. The van der Waals surface area contributed by atoms with Crippen LogP contribution < -0.4 is 38.5 Å². The molecule has 0 aliphatic rings. The second-order valence-corrected chi connectivity index (χ2v) is 16.7. The van der Waals surface area contributed by atoms with Gasteiger partial charge in [-0.2, -0.15) is 11.8 Å². The summed E-state index contributed by atoms with van der Waals surface area (Å²) in [6.45, 7) is 2.73. The Balaban J connectivity index is 5.23. The minimum Gasteiger partial charge on any atom is -0.370 e. The fraction of sp³-hybridized carbons (Fsp3) is 0.837. The number of Topliss-reactive ketones (excluding diaryl/α,β-unsaturated/α-hetero) is 2. The molecular formula is C43H81N7O7S. The average molecular weight is 840 g/mol. The minimum atomic E-state index is -0.992. The summed E-state index contributed by atoms with van der Waals surface area (Å²) in [5.74, 6) is -3.91. The highest BCUT2D eigenvalue weighted by molar-refractivity contribution is 7.98. The van der Waals surface area contributed by atoms with E-state index in [2.05, 4.69) is 28.2 Å².